The Kier molecular flexibility index (Phi) is 7.99. The van der Waals surface area contributed by atoms with E-state index in [1.165, 1.54) is 36.4 Å². The summed E-state index contributed by atoms with van der Waals surface area (Å²) in [6.45, 7) is 3.81. The molecule has 9 nitrogen and oxygen atoms in total. The van der Waals surface area contributed by atoms with Crippen molar-refractivity contribution in [2.24, 2.45) is 5.41 Å². The minimum Gasteiger partial charge on any atom is -0.368 e. The molecule has 37 heavy (non-hydrogen) atoms. The molecular formula is C27H33N3O6S. The zero-order valence-electron chi connectivity index (χ0n) is 21.0. The summed E-state index contributed by atoms with van der Waals surface area (Å²) in [5.41, 5.74) is 0.504. The van der Waals surface area contributed by atoms with Gasteiger partial charge in [-0.25, -0.2) is 8.42 Å². The Labute approximate surface area is 217 Å². The van der Waals surface area contributed by atoms with E-state index in [9.17, 15) is 22.8 Å². The SMILES string of the molecule is C[C@@H]1OCC(=O)[C@H]1NC(=O)[C@H](CC1(C)CCCC1)NC(=O)c1ccc(NS(=O)(=O)c2ccccc2)cc1. The van der Waals surface area contributed by atoms with Crippen LogP contribution >= 0.6 is 0 Å². The van der Waals surface area contributed by atoms with Crippen LogP contribution in [0, 0.1) is 5.41 Å². The summed E-state index contributed by atoms with van der Waals surface area (Å²) >= 11 is 0. The predicted molar refractivity (Wildman–Crippen MR) is 138 cm³/mol. The Morgan fingerprint density at radius 1 is 1.05 bits per heavy atom. The summed E-state index contributed by atoms with van der Waals surface area (Å²) in [5.74, 6) is -1.06. The van der Waals surface area contributed by atoms with Gasteiger partial charge in [-0.1, -0.05) is 38.0 Å². The third-order valence-corrected chi connectivity index (χ3v) is 8.58. The van der Waals surface area contributed by atoms with E-state index in [4.69, 9.17) is 4.74 Å². The van der Waals surface area contributed by atoms with E-state index in [0.29, 0.717) is 12.1 Å². The molecule has 1 aliphatic carbocycles. The number of sulfonamides is 1. The smallest absolute Gasteiger partial charge is 0.261 e. The summed E-state index contributed by atoms with van der Waals surface area (Å²) in [6, 6.07) is 12.4. The molecule has 0 radical (unpaired) electrons. The lowest BCUT2D eigenvalue weighted by Gasteiger charge is -2.30. The lowest BCUT2D eigenvalue weighted by atomic mass is 9.81. The van der Waals surface area contributed by atoms with Crippen molar-refractivity contribution in [3.8, 4) is 0 Å². The minimum absolute atomic E-state index is 0.0404. The predicted octanol–water partition coefficient (Wildman–Crippen LogP) is 3.03. The third-order valence-electron chi connectivity index (χ3n) is 7.18. The van der Waals surface area contributed by atoms with Crippen molar-refractivity contribution in [2.45, 2.75) is 69.0 Å². The van der Waals surface area contributed by atoms with Crippen molar-refractivity contribution < 1.29 is 27.5 Å². The van der Waals surface area contributed by atoms with E-state index in [1.54, 1.807) is 25.1 Å². The number of Topliss-reactive ketones (excluding diaryl/α,β-unsaturated/α-hetero) is 1. The average molecular weight is 528 g/mol. The number of ether oxygens (including phenoxy) is 1. The second-order valence-corrected chi connectivity index (χ2v) is 11.9. The molecule has 10 heteroatoms. The molecule has 1 heterocycles. The fourth-order valence-corrected chi connectivity index (χ4v) is 6.07. The van der Waals surface area contributed by atoms with E-state index >= 15 is 0 Å². The number of hydrogen-bond acceptors (Lipinski definition) is 6. The second kappa shape index (κ2) is 11.0. The van der Waals surface area contributed by atoms with Crippen LogP contribution in [0.4, 0.5) is 5.69 Å². The normalized spacial score (nSPS) is 21.8. The maximum Gasteiger partial charge on any atom is 0.261 e. The van der Waals surface area contributed by atoms with Gasteiger partial charge in [0.1, 0.15) is 18.7 Å². The summed E-state index contributed by atoms with van der Waals surface area (Å²) < 4.78 is 32.9. The molecule has 0 aromatic heterocycles. The number of hydrogen-bond donors (Lipinski definition) is 3. The topological polar surface area (TPSA) is 131 Å². The van der Waals surface area contributed by atoms with Crippen molar-refractivity contribution >= 4 is 33.3 Å². The summed E-state index contributed by atoms with van der Waals surface area (Å²) in [5, 5.41) is 5.61. The molecule has 4 rings (SSSR count). The molecule has 1 saturated heterocycles. The van der Waals surface area contributed by atoms with Gasteiger partial charge in [-0.2, -0.15) is 0 Å². The largest absolute Gasteiger partial charge is 0.368 e. The zero-order chi connectivity index (χ0) is 26.6. The van der Waals surface area contributed by atoms with Crippen LogP contribution in [0.15, 0.2) is 59.5 Å². The van der Waals surface area contributed by atoms with E-state index in [2.05, 4.69) is 22.3 Å². The van der Waals surface area contributed by atoms with Gasteiger partial charge < -0.3 is 15.4 Å². The molecular weight excluding hydrogens is 494 g/mol. The molecule has 2 aromatic carbocycles. The van der Waals surface area contributed by atoms with Gasteiger partial charge in [0.2, 0.25) is 5.91 Å². The van der Waals surface area contributed by atoms with E-state index < -0.39 is 40.0 Å². The third kappa shape index (κ3) is 6.56. The Morgan fingerprint density at radius 2 is 1.70 bits per heavy atom. The van der Waals surface area contributed by atoms with Crippen molar-refractivity contribution in [3.05, 3.63) is 60.2 Å². The van der Waals surface area contributed by atoms with Crippen LogP contribution in [0.1, 0.15) is 56.3 Å². The van der Waals surface area contributed by atoms with Gasteiger partial charge in [-0.15, -0.1) is 0 Å². The molecule has 0 spiro atoms. The number of carbonyl (C=O) groups is 3. The standard InChI is InChI=1S/C27H33N3O6S/c1-18-24(23(31)17-36-18)29-26(33)22(16-27(2)14-6-7-15-27)28-25(32)19-10-12-20(13-11-19)30-37(34,35)21-8-4-3-5-9-21/h3-5,8-13,18,22,24,30H,6-7,14-17H2,1-2H3,(H,28,32)(H,29,33)/t18-,22-,24-/m0/s1. The van der Waals surface area contributed by atoms with Gasteiger partial charge in [-0.3, -0.25) is 19.1 Å². The first-order chi connectivity index (χ1) is 17.6. The quantitative estimate of drug-likeness (QED) is 0.460. The maximum atomic E-state index is 13.2. The molecule has 2 aromatic rings. The first-order valence-corrected chi connectivity index (χ1v) is 14.0. The Hall–Kier alpha value is -3.24. The highest BCUT2D eigenvalue weighted by atomic mass is 32.2. The van der Waals surface area contributed by atoms with Crippen LogP contribution in [0.25, 0.3) is 0 Å². The monoisotopic (exact) mass is 527 g/mol. The van der Waals surface area contributed by atoms with Crippen molar-refractivity contribution in [1.82, 2.24) is 10.6 Å². The van der Waals surface area contributed by atoms with E-state index in [0.717, 1.165) is 25.7 Å². The highest BCUT2D eigenvalue weighted by molar-refractivity contribution is 7.92. The number of carbonyl (C=O) groups excluding carboxylic acids is 3. The van der Waals surface area contributed by atoms with Crippen LogP contribution in [-0.2, 0) is 24.3 Å². The molecule has 0 unspecified atom stereocenters. The summed E-state index contributed by atoms with van der Waals surface area (Å²) in [6.07, 6.45) is 4.10. The highest BCUT2D eigenvalue weighted by Gasteiger charge is 2.39. The Bertz CT molecular complexity index is 1240. The Morgan fingerprint density at radius 3 is 2.30 bits per heavy atom. The van der Waals surface area contributed by atoms with E-state index in [1.807, 2.05) is 0 Å². The van der Waals surface area contributed by atoms with Crippen LogP contribution in [0.3, 0.4) is 0 Å². The number of amides is 2. The van der Waals surface area contributed by atoms with Gasteiger partial charge in [-0.05, 0) is 68.0 Å². The molecule has 2 amide bonds. The molecule has 0 bridgehead atoms. The maximum absolute atomic E-state index is 13.2. The van der Waals surface area contributed by atoms with Gasteiger partial charge in [0, 0.05) is 11.3 Å². The number of ketones is 1. The van der Waals surface area contributed by atoms with Crippen molar-refractivity contribution in [3.63, 3.8) is 0 Å². The second-order valence-electron chi connectivity index (χ2n) is 10.2. The highest BCUT2D eigenvalue weighted by Crippen LogP contribution is 2.41. The number of nitrogens with one attached hydrogen (secondary N) is 3. The molecule has 2 fully saturated rings. The lowest BCUT2D eigenvalue weighted by Crippen LogP contribution is -2.54. The fraction of sp³-hybridized carbons (Fsp3) is 0.444. The molecule has 2 aliphatic rings. The molecule has 1 aliphatic heterocycles. The average Bonchev–Trinajstić information content (AvgIpc) is 3.44. The summed E-state index contributed by atoms with van der Waals surface area (Å²) in [4.78, 5) is 38.6. The molecule has 3 N–H and O–H groups in total. The van der Waals surface area contributed by atoms with Gasteiger partial charge >= 0.3 is 0 Å². The van der Waals surface area contributed by atoms with Gasteiger partial charge in [0.05, 0.1) is 11.0 Å². The number of benzene rings is 2. The summed E-state index contributed by atoms with van der Waals surface area (Å²) in [7, 11) is -3.76. The fourth-order valence-electron chi connectivity index (χ4n) is 4.99. The van der Waals surface area contributed by atoms with Crippen LogP contribution < -0.4 is 15.4 Å². The molecule has 198 valence electrons. The van der Waals surface area contributed by atoms with Crippen LogP contribution in [0.5, 0.6) is 0 Å². The lowest BCUT2D eigenvalue weighted by molar-refractivity contribution is -0.128. The molecule has 3 atom stereocenters. The van der Waals surface area contributed by atoms with E-state index in [-0.39, 0.29) is 28.3 Å². The van der Waals surface area contributed by atoms with Crippen molar-refractivity contribution in [1.29, 1.82) is 0 Å². The minimum atomic E-state index is -3.76. The van der Waals surface area contributed by atoms with Crippen LogP contribution in [-0.4, -0.2) is 50.8 Å². The molecule has 1 saturated carbocycles. The number of anilines is 1. The van der Waals surface area contributed by atoms with Gasteiger partial charge in [0.15, 0.2) is 5.78 Å². The van der Waals surface area contributed by atoms with Gasteiger partial charge in [0.25, 0.3) is 15.9 Å². The first kappa shape index (κ1) is 26.8. The number of rotatable bonds is 9. The first-order valence-electron chi connectivity index (χ1n) is 12.5. The van der Waals surface area contributed by atoms with Crippen molar-refractivity contribution in [2.75, 3.05) is 11.3 Å². The zero-order valence-corrected chi connectivity index (χ0v) is 21.8. The van der Waals surface area contributed by atoms with Crippen LogP contribution in [0.2, 0.25) is 0 Å². The Balaban J connectivity index is 1.45.